The number of carbonyl (C=O) groups excluding carboxylic acids is 1. The summed E-state index contributed by atoms with van der Waals surface area (Å²) in [7, 11) is 0. The minimum atomic E-state index is -0.453. The summed E-state index contributed by atoms with van der Waals surface area (Å²) in [6.07, 6.45) is 1.82. The Balaban J connectivity index is 1.92. The first kappa shape index (κ1) is 18.1. The lowest BCUT2D eigenvalue weighted by molar-refractivity contribution is 0.0184. The number of hydrogen-bond donors (Lipinski definition) is 1. The largest absolute Gasteiger partial charge is 0.444 e. The number of carbonyl (C=O) groups is 1. The van der Waals surface area contributed by atoms with Crippen LogP contribution in [0.2, 0.25) is 5.02 Å². The van der Waals surface area contributed by atoms with Crippen molar-refractivity contribution < 1.29 is 9.53 Å². The highest BCUT2D eigenvalue weighted by molar-refractivity contribution is 6.30. The second kappa shape index (κ2) is 7.54. The summed E-state index contributed by atoms with van der Waals surface area (Å²) in [4.78, 5) is 14.0. The van der Waals surface area contributed by atoms with Gasteiger partial charge in [-0.1, -0.05) is 23.7 Å². The number of ether oxygens (including phenoxy) is 1. The van der Waals surface area contributed by atoms with Gasteiger partial charge in [-0.3, -0.25) is 0 Å². The van der Waals surface area contributed by atoms with Gasteiger partial charge in [-0.05, 0) is 58.2 Å². The van der Waals surface area contributed by atoms with Crippen LogP contribution in [0.25, 0.3) is 0 Å². The molecule has 0 spiro atoms. The molecule has 0 aliphatic carbocycles. The number of piperidine rings is 1. The van der Waals surface area contributed by atoms with Crippen LogP contribution in [0.3, 0.4) is 0 Å². The minimum absolute atomic E-state index is 0.192. The molecule has 0 saturated carbocycles. The van der Waals surface area contributed by atoms with E-state index < -0.39 is 5.60 Å². The van der Waals surface area contributed by atoms with E-state index in [1.165, 1.54) is 0 Å². The molecule has 2 atom stereocenters. The summed E-state index contributed by atoms with van der Waals surface area (Å²) in [6.45, 7) is 9.25. The summed E-state index contributed by atoms with van der Waals surface area (Å²) in [5.74, 6) is 0. The lowest BCUT2D eigenvalue weighted by Crippen LogP contribution is -2.49. The molecule has 4 nitrogen and oxygen atoms in total. The molecule has 1 amide bonds. The van der Waals surface area contributed by atoms with Gasteiger partial charge in [0.25, 0.3) is 0 Å². The van der Waals surface area contributed by atoms with Crippen molar-refractivity contribution in [3.8, 4) is 0 Å². The van der Waals surface area contributed by atoms with Crippen molar-refractivity contribution in [1.29, 1.82) is 0 Å². The molecule has 1 unspecified atom stereocenters. The average Bonchev–Trinajstić information content (AvgIpc) is 2.45. The molecule has 1 aliphatic heterocycles. The second-order valence-corrected chi connectivity index (χ2v) is 7.65. The maximum Gasteiger partial charge on any atom is 0.410 e. The van der Waals surface area contributed by atoms with Crippen molar-refractivity contribution >= 4 is 17.7 Å². The average molecular weight is 339 g/mol. The van der Waals surface area contributed by atoms with Gasteiger partial charge in [0, 0.05) is 30.2 Å². The first-order valence-electron chi connectivity index (χ1n) is 8.24. The number of hydrogen-bond acceptors (Lipinski definition) is 3. The molecule has 5 heteroatoms. The van der Waals surface area contributed by atoms with Gasteiger partial charge in [-0.25, -0.2) is 4.79 Å². The van der Waals surface area contributed by atoms with E-state index in [2.05, 4.69) is 18.3 Å². The minimum Gasteiger partial charge on any atom is -0.444 e. The first-order chi connectivity index (χ1) is 10.7. The second-order valence-electron chi connectivity index (χ2n) is 7.21. The molecule has 23 heavy (non-hydrogen) atoms. The van der Waals surface area contributed by atoms with Crippen LogP contribution < -0.4 is 5.32 Å². The molecule has 1 N–H and O–H groups in total. The Morgan fingerprint density at radius 1 is 1.43 bits per heavy atom. The maximum atomic E-state index is 12.2. The molecule has 1 aromatic carbocycles. The van der Waals surface area contributed by atoms with Crippen molar-refractivity contribution in [1.82, 2.24) is 10.2 Å². The van der Waals surface area contributed by atoms with Gasteiger partial charge < -0.3 is 15.0 Å². The molecular formula is C18H27ClN2O2. The van der Waals surface area contributed by atoms with Gasteiger partial charge in [0.2, 0.25) is 0 Å². The van der Waals surface area contributed by atoms with Crippen molar-refractivity contribution in [2.75, 3.05) is 13.1 Å². The van der Waals surface area contributed by atoms with Crippen molar-refractivity contribution in [2.24, 2.45) is 0 Å². The summed E-state index contributed by atoms with van der Waals surface area (Å²) in [5.41, 5.74) is 0.706. The Kier molecular flexibility index (Phi) is 5.93. The summed E-state index contributed by atoms with van der Waals surface area (Å²) < 4.78 is 5.47. The van der Waals surface area contributed by atoms with Crippen molar-refractivity contribution in [3.63, 3.8) is 0 Å². The first-order valence-corrected chi connectivity index (χ1v) is 8.62. The Labute approximate surface area is 144 Å². The number of nitrogens with one attached hydrogen (secondary N) is 1. The predicted octanol–water partition coefficient (Wildman–Crippen LogP) is 4.39. The maximum absolute atomic E-state index is 12.2. The van der Waals surface area contributed by atoms with E-state index in [0.29, 0.717) is 6.54 Å². The summed E-state index contributed by atoms with van der Waals surface area (Å²) in [5, 5.41) is 4.35. The highest BCUT2D eigenvalue weighted by atomic mass is 35.5. The van der Waals surface area contributed by atoms with E-state index in [4.69, 9.17) is 16.3 Å². The molecular weight excluding hydrogens is 312 g/mol. The van der Waals surface area contributed by atoms with Gasteiger partial charge in [0.15, 0.2) is 0 Å². The van der Waals surface area contributed by atoms with E-state index in [-0.39, 0.29) is 18.2 Å². The van der Waals surface area contributed by atoms with E-state index >= 15 is 0 Å². The van der Waals surface area contributed by atoms with Crippen LogP contribution in [-0.2, 0) is 4.74 Å². The zero-order valence-electron chi connectivity index (χ0n) is 14.4. The van der Waals surface area contributed by atoms with Crippen LogP contribution in [0.1, 0.15) is 52.1 Å². The number of benzene rings is 1. The summed E-state index contributed by atoms with van der Waals surface area (Å²) >= 11 is 6.06. The van der Waals surface area contributed by atoms with Gasteiger partial charge in [-0.15, -0.1) is 0 Å². The molecule has 2 rings (SSSR count). The normalized spacial score (nSPS) is 20.2. The molecule has 1 aliphatic rings. The number of nitrogens with zero attached hydrogens (tertiary/aromatic N) is 1. The Morgan fingerprint density at radius 2 is 2.17 bits per heavy atom. The van der Waals surface area contributed by atoms with Gasteiger partial charge >= 0.3 is 6.09 Å². The third-order valence-electron chi connectivity index (χ3n) is 3.91. The highest BCUT2D eigenvalue weighted by Crippen LogP contribution is 2.21. The predicted molar refractivity (Wildman–Crippen MR) is 93.8 cm³/mol. The van der Waals surface area contributed by atoms with Crippen LogP contribution in [0, 0.1) is 0 Å². The van der Waals surface area contributed by atoms with E-state index in [9.17, 15) is 4.79 Å². The fraction of sp³-hybridized carbons (Fsp3) is 0.611. The fourth-order valence-electron chi connectivity index (χ4n) is 2.83. The zero-order chi connectivity index (χ0) is 17.0. The molecule has 0 aromatic heterocycles. The standard InChI is InChI=1S/C18H27ClN2O2/c1-13(14-7-5-8-15(19)11-14)20-16-9-6-10-21(12-16)17(22)23-18(2,3)4/h5,7-8,11,13,16,20H,6,9-10,12H2,1-4H3/t13-,16?/m0/s1. The number of rotatable bonds is 3. The van der Waals surface area contributed by atoms with Crippen LogP contribution >= 0.6 is 11.6 Å². The molecule has 128 valence electrons. The lowest BCUT2D eigenvalue weighted by atomic mass is 10.0. The SMILES string of the molecule is C[C@H](NC1CCCN(C(=O)OC(C)(C)C)C1)c1cccc(Cl)c1. The fourth-order valence-corrected chi connectivity index (χ4v) is 3.03. The third-order valence-corrected chi connectivity index (χ3v) is 4.14. The quantitative estimate of drug-likeness (QED) is 0.888. The van der Waals surface area contributed by atoms with E-state index in [0.717, 1.165) is 30.0 Å². The highest BCUT2D eigenvalue weighted by Gasteiger charge is 2.28. The topological polar surface area (TPSA) is 41.6 Å². The van der Waals surface area contributed by atoms with E-state index in [1.54, 1.807) is 4.90 Å². The summed E-state index contributed by atoms with van der Waals surface area (Å²) in [6, 6.07) is 8.35. The van der Waals surface area contributed by atoms with Gasteiger partial charge in [0.05, 0.1) is 0 Å². The number of amides is 1. The van der Waals surface area contributed by atoms with Gasteiger partial charge in [-0.2, -0.15) is 0 Å². The van der Waals surface area contributed by atoms with Crippen LogP contribution in [0.15, 0.2) is 24.3 Å². The Bertz CT molecular complexity index is 542. The molecule has 0 bridgehead atoms. The van der Waals surface area contributed by atoms with E-state index in [1.807, 2.05) is 39.0 Å². The Morgan fingerprint density at radius 3 is 2.83 bits per heavy atom. The monoisotopic (exact) mass is 338 g/mol. The van der Waals surface area contributed by atoms with Crippen LogP contribution in [0.4, 0.5) is 4.79 Å². The van der Waals surface area contributed by atoms with Crippen LogP contribution in [0.5, 0.6) is 0 Å². The molecule has 1 fully saturated rings. The zero-order valence-corrected chi connectivity index (χ0v) is 15.2. The number of halogens is 1. The Hall–Kier alpha value is -1.26. The lowest BCUT2D eigenvalue weighted by Gasteiger charge is -2.35. The molecule has 1 aromatic rings. The smallest absolute Gasteiger partial charge is 0.410 e. The number of likely N-dealkylation sites (tertiary alicyclic amines) is 1. The van der Waals surface area contributed by atoms with Crippen LogP contribution in [-0.4, -0.2) is 35.7 Å². The van der Waals surface area contributed by atoms with Gasteiger partial charge in [0.1, 0.15) is 5.60 Å². The van der Waals surface area contributed by atoms with Crippen molar-refractivity contribution in [2.45, 2.75) is 58.2 Å². The molecule has 1 heterocycles. The molecule has 1 saturated heterocycles. The molecule has 0 radical (unpaired) electrons. The third kappa shape index (κ3) is 5.70. The van der Waals surface area contributed by atoms with Crippen molar-refractivity contribution in [3.05, 3.63) is 34.9 Å².